The topological polar surface area (TPSA) is 44.0 Å². The maximum absolute atomic E-state index is 9.64. The van der Waals surface area contributed by atoms with Crippen LogP contribution < -0.4 is 0 Å². The van der Waals surface area contributed by atoms with Crippen molar-refractivity contribution in [1.82, 2.24) is 0 Å². The Bertz CT molecular complexity index is 393. The fourth-order valence-electron chi connectivity index (χ4n) is 1.33. The minimum atomic E-state index is -0.484. The highest BCUT2D eigenvalue weighted by Gasteiger charge is 2.10. The van der Waals surface area contributed by atoms with E-state index >= 15 is 0 Å². The minimum Gasteiger partial charge on any atom is -0.389 e. The molecule has 0 fully saturated rings. The van der Waals surface area contributed by atoms with Gasteiger partial charge in [-0.2, -0.15) is 5.26 Å². The third kappa shape index (κ3) is 3.55. The molecule has 0 saturated carbocycles. The minimum absolute atomic E-state index is 0.484. The predicted molar refractivity (Wildman–Crippen MR) is 67.4 cm³/mol. The van der Waals surface area contributed by atoms with Gasteiger partial charge in [0, 0.05) is 10.6 Å². The Balaban J connectivity index is 2.97. The molecule has 0 saturated heterocycles. The van der Waals surface area contributed by atoms with Crippen LogP contribution in [0.3, 0.4) is 0 Å². The Morgan fingerprint density at radius 2 is 2.06 bits per heavy atom. The molecular formula is C13H17NOS. The van der Waals surface area contributed by atoms with E-state index in [1.165, 1.54) is 0 Å². The number of thioether (sulfide) groups is 1. The van der Waals surface area contributed by atoms with Gasteiger partial charge >= 0.3 is 0 Å². The lowest BCUT2D eigenvalue weighted by Gasteiger charge is -2.13. The van der Waals surface area contributed by atoms with E-state index in [0.717, 1.165) is 16.2 Å². The summed E-state index contributed by atoms with van der Waals surface area (Å²) < 4.78 is 0. The van der Waals surface area contributed by atoms with Gasteiger partial charge in [-0.25, -0.2) is 0 Å². The molecule has 3 heteroatoms. The Hall–Kier alpha value is -0.980. The highest BCUT2D eigenvalue weighted by molar-refractivity contribution is 7.99. The monoisotopic (exact) mass is 235 g/mol. The van der Waals surface area contributed by atoms with E-state index in [1.807, 2.05) is 12.1 Å². The van der Waals surface area contributed by atoms with Crippen LogP contribution in [0.2, 0.25) is 0 Å². The number of benzene rings is 1. The van der Waals surface area contributed by atoms with E-state index in [2.05, 4.69) is 19.9 Å². The molecule has 0 aliphatic rings. The highest BCUT2D eigenvalue weighted by Crippen LogP contribution is 2.29. The first kappa shape index (κ1) is 13.1. The zero-order valence-electron chi connectivity index (χ0n) is 9.90. The average molecular weight is 235 g/mol. The quantitative estimate of drug-likeness (QED) is 0.814. The van der Waals surface area contributed by atoms with Gasteiger partial charge < -0.3 is 5.11 Å². The van der Waals surface area contributed by atoms with Gasteiger partial charge in [0.15, 0.2) is 0 Å². The summed E-state index contributed by atoms with van der Waals surface area (Å²) in [7, 11) is 0. The Morgan fingerprint density at radius 3 is 2.56 bits per heavy atom. The van der Waals surface area contributed by atoms with Crippen LogP contribution in [-0.2, 0) is 0 Å². The third-order valence-corrected chi connectivity index (χ3v) is 3.66. The lowest BCUT2D eigenvalue weighted by atomic mass is 10.1. The summed E-state index contributed by atoms with van der Waals surface area (Å²) in [6.45, 7) is 6.06. The van der Waals surface area contributed by atoms with E-state index in [1.54, 1.807) is 24.8 Å². The molecule has 0 spiro atoms. The van der Waals surface area contributed by atoms with Crippen LogP contribution in [0.15, 0.2) is 23.1 Å². The van der Waals surface area contributed by atoms with Crippen LogP contribution in [0.1, 0.15) is 38.0 Å². The molecule has 0 radical (unpaired) electrons. The summed E-state index contributed by atoms with van der Waals surface area (Å²) in [6, 6.07) is 7.57. The number of aliphatic hydroxyl groups is 1. The summed E-state index contributed by atoms with van der Waals surface area (Å²) >= 11 is 1.70. The van der Waals surface area contributed by atoms with E-state index in [-0.39, 0.29) is 0 Å². The molecule has 0 aromatic heterocycles. The van der Waals surface area contributed by atoms with Crippen LogP contribution in [0, 0.1) is 17.2 Å². The standard InChI is InChI=1S/C13H17NOS/c1-9(2)8-16-13-6-11(7-14)4-5-12(13)10(3)15/h4-6,9-10,15H,8H2,1-3H3/t10-/m1/s1. The molecule has 1 aromatic carbocycles. The predicted octanol–water partition coefficient (Wildman–Crippen LogP) is 3.36. The number of aliphatic hydroxyl groups excluding tert-OH is 1. The van der Waals surface area contributed by atoms with Gasteiger partial charge in [0.25, 0.3) is 0 Å². The summed E-state index contributed by atoms with van der Waals surface area (Å²) in [6.07, 6.45) is -0.484. The van der Waals surface area contributed by atoms with Gasteiger partial charge in [-0.15, -0.1) is 11.8 Å². The summed E-state index contributed by atoms with van der Waals surface area (Å²) in [4.78, 5) is 1.02. The van der Waals surface area contributed by atoms with Gasteiger partial charge in [-0.1, -0.05) is 19.9 Å². The highest BCUT2D eigenvalue weighted by atomic mass is 32.2. The second kappa shape index (κ2) is 5.93. The second-order valence-electron chi connectivity index (χ2n) is 4.25. The van der Waals surface area contributed by atoms with Crippen LogP contribution in [0.4, 0.5) is 0 Å². The number of hydrogen-bond donors (Lipinski definition) is 1. The average Bonchev–Trinajstić information content (AvgIpc) is 2.25. The van der Waals surface area contributed by atoms with Crippen molar-refractivity contribution in [2.75, 3.05) is 5.75 Å². The molecule has 0 unspecified atom stereocenters. The molecule has 0 amide bonds. The van der Waals surface area contributed by atoms with Crippen molar-refractivity contribution >= 4 is 11.8 Å². The first-order chi connectivity index (χ1) is 7.54. The number of nitriles is 1. The maximum Gasteiger partial charge on any atom is 0.0992 e. The van der Waals surface area contributed by atoms with E-state index < -0.39 is 6.10 Å². The Labute approximate surface area is 101 Å². The van der Waals surface area contributed by atoms with Crippen molar-refractivity contribution in [3.05, 3.63) is 29.3 Å². The lowest BCUT2D eigenvalue weighted by Crippen LogP contribution is -1.97. The van der Waals surface area contributed by atoms with Crippen LogP contribution in [0.5, 0.6) is 0 Å². The largest absolute Gasteiger partial charge is 0.389 e. The SMILES string of the molecule is CC(C)CSc1cc(C#N)ccc1[C@@H](C)O. The summed E-state index contributed by atoms with van der Waals surface area (Å²) in [5, 5.41) is 18.5. The first-order valence-corrected chi connectivity index (χ1v) is 6.38. The van der Waals surface area contributed by atoms with Crippen LogP contribution >= 0.6 is 11.8 Å². The summed E-state index contributed by atoms with van der Waals surface area (Å²) in [5.41, 5.74) is 1.56. The summed E-state index contributed by atoms with van der Waals surface area (Å²) in [5.74, 6) is 1.59. The van der Waals surface area contributed by atoms with Gasteiger partial charge in [0.2, 0.25) is 0 Å². The number of nitrogens with zero attached hydrogens (tertiary/aromatic N) is 1. The van der Waals surface area contributed by atoms with E-state index in [0.29, 0.717) is 11.5 Å². The fraction of sp³-hybridized carbons (Fsp3) is 0.462. The van der Waals surface area contributed by atoms with Gasteiger partial charge in [0.05, 0.1) is 17.7 Å². The molecule has 16 heavy (non-hydrogen) atoms. The normalized spacial score (nSPS) is 12.5. The molecule has 1 N–H and O–H groups in total. The van der Waals surface area contributed by atoms with E-state index in [4.69, 9.17) is 5.26 Å². The van der Waals surface area contributed by atoms with Crippen LogP contribution in [0.25, 0.3) is 0 Å². The van der Waals surface area contributed by atoms with Gasteiger partial charge in [0.1, 0.15) is 0 Å². The molecule has 0 aliphatic heterocycles. The lowest BCUT2D eigenvalue weighted by molar-refractivity contribution is 0.196. The van der Waals surface area contributed by atoms with Crippen molar-refractivity contribution in [3.8, 4) is 6.07 Å². The number of rotatable bonds is 4. The fourth-order valence-corrected chi connectivity index (χ4v) is 2.46. The molecule has 0 aliphatic carbocycles. The zero-order chi connectivity index (χ0) is 12.1. The number of hydrogen-bond acceptors (Lipinski definition) is 3. The third-order valence-electron chi connectivity index (χ3n) is 2.16. The second-order valence-corrected chi connectivity index (χ2v) is 5.31. The molecule has 2 nitrogen and oxygen atoms in total. The van der Waals surface area contributed by atoms with Crippen molar-refractivity contribution in [2.24, 2.45) is 5.92 Å². The molecule has 0 bridgehead atoms. The molecule has 86 valence electrons. The van der Waals surface area contributed by atoms with Gasteiger partial charge in [-0.05, 0) is 30.5 Å². The smallest absolute Gasteiger partial charge is 0.0992 e. The Morgan fingerprint density at radius 1 is 1.38 bits per heavy atom. The van der Waals surface area contributed by atoms with Crippen molar-refractivity contribution in [1.29, 1.82) is 5.26 Å². The molecule has 0 heterocycles. The first-order valence-electron chi connectivity index (χ1n) is 5.39. The van der Waals surface area contributed by atoms with Gasteiger partial charge in [-0.3, -0.25) is 0 Å². The Kier molecular flexibility index (Phi) is 4.85. The van der Waals surface area contributed by atoms with E-state index in [9.17, 15) is 5.11 Å². The molecule has 1 atom stereocenters. The maximum atomic E-state index is 9.64. The zero-order valence-corrected chi connectivity index (χ0v) is 10.7. The molecular weight excluding hydrogens is 218 g/mol. The van der Waals surface area contributed by atoms with Crippen molar-refractivity contribution in [3.63, 3.8) is 0 Å². The van der Waals surface area contributed by atoms with Crippen molar-refractivity contribution < 1.29 is 5.11 Å². The van der Waals surface area contributed by atoms with Crippen molar-refractivity contribution in [2.45, 2.75) is 31.8 Å². The van der Waals surface area contributed by atoms with Crippen LogP contribution in [-0.4, -0.2) is 10.9 Å². The molecule has 1 rings (SSSR count). The molecule has 1 aromatic rings.